The first-order valence-corrected chi connectivity index (χ1v) is 10.4. The molecule has 6 nitrogen and oxygen atoms in total. The van der Waals surface area contributed by atoms with Gasteiger partial charge in [-0.05, 0) is 40.5 Å². The largest absolute Gasteiger partial charge is 0.491 e. The molecule has 0 bridgehead atoms. The van der Waals surface area contributed by atoms with E-state index in [0.29, 0.717) is 21.7 Å². The summed E-state index contributed by atoms with van der Waals surface area (Å²) in [4.78, 5) is 26.0. The molecule has 1 saturated heterocycles. The Morgan fingerprint density at radius 1 is 0.971 bits per heavy atom. The predicted molar refractivity (Wildman–Crippen MR) is 119 cm³/mol. The fourth-order valence-electron chi connectivity index (χ4n) is 3.95. The van der Waals surface area contributed by atoms with Gasteiger partial charge in [0, 0.05) is 12.1 Å². The molecule has 34 heavy (non-hydrogen) atoms. The molecule has 0 radical (unpaired) electrons. The third-order valence-corrected chi connectivity index (χ3v) is 5.87. The number of nitrogens with one attached hydrogen (secondary N) is 1. The molecule has 0 saturated carbocycles. The third kappa shape index (κ3) is 4.02. The van der Waals surface area contributed by atoms with E-state index < -0.39 is 29.6 Å². The van der Waals surface area contributed by atoms with E-state index >= 15 is 0 Å². The number of likely N-dealkylation sites (N-methyl/N-ethyl adjacent to an activating group) is 1. The molecular weight excluding hydrogens is 471 g/mol. The fraction of sp³-hybridized carbons (Fsp3) is 0.167. The van der Waals surface area contributed by atoms with Crippen LogP contribution in [0.5, 0.6) is 0 Å². The summed E-state index contributed by atoms with van der Waals surface area (Å²) in [6.45, 7) is 0. The number of ether oxygens (including phenoxy) is 1. The first-order valence-electron chi connectivity index (χ1n) is 10.1. The maximum Gasteiger partial charge on any atom is 0.491 e. The van der Waals surface area contributed by atoms with Gasteiger partial charge in [-0.2, -0.15) is 13.2 Å². The van der Waals surface area contributed by atoms with Gasteiger partial charge in [0.25, 0.3) is 5.91 Å². The number of carbonyl (C=O) groups is 2. The van der Waals surface area contributed by atoms with Crippen LogP contribution >= 0.6 is 11.6 Å². The van der Waals surface area contributed by atoms with E-state index in [4.69, 9.17) is 17.3 Å². The zero-order chi connectivity index (χ0) is 24.7. The minimum atomic E-state index is -5.30. The highest BCUT2D eigenvalue weighted by Gasteiger charge is 2.62. The highest BCUT2D eigenvalue weighted by molar-refractivity contribution is 6.30. The maximum absolute atomic E-state index is 13.7. The number of nitrogens with two attached hydrogens (primary N) is 1. The highest BCUT2D eigenvalue weighted by atomic mass is 35.5. The van der Waals surface area contributed by atoms with Gasteiger partial charge in [-0.3, -0.25) is 15.4 Å². The summed E-state index contributed by atoms with van der Waals surface area (Å²) < 4.78 is 43.4. The van der Waals surface area contributed by atoms with Gasteiger partial charge in [0.05, 0.1) is 0 Å². The second-order valence-corrected chi connectivity index (χ2v) is 8.22. The van der Waals surface area contributed by atoms with Crippen molar-refractivity contribution in [3.8, 4) is 11.1 Å². The van der Waals surface area contributed by atoms with E-state index in [1.54, 1.807) is 72.8 Å². The molecule has 3 N–H and O–H groups in total. The molecule has 0 aliphatic carbocycles. The molecule has 1 aliphatic heterocycles. The van der Waals surface area contributed by atoms with Crippen LogP contribution in [0.3, 0.4) is 0 Å². The van der Waals surface area contributed by atoms with Gasteiger partial charge in [-0.25, -0.2) is 10.1 Å². The molecule has 10 heteroatoms. The van der Waals surface area contributed by atoms with Crippen LogP contribution in [-0.4, -0.2) is 36.0 Å². The number of rotatable bonds is 4. The Balaban J connectivity index is 1.88. The van der Waals surface area contributed by atoms with Gasteiger partial charge < -0.3 is 4.74 Å². The molecular formula is C24H19ClF3N3O3. The number of amides is 1. The van der Waals surface area contributed by atoms with Crippen LogP contribution in [0.1, 0.15) is 11.1 Å². The van der Waals surface area contributed by atoms with Gasteiger partial charge >= 0.3 is 18.1 Å². The Morgan fingerprint density at radius 2 is 1.56 bits per heavy atom. The van der Waals surface area contributed by atoms with Crippen LogP contribution in [0, 0.1) is 0 Å². The second kappa shape index (κ2) is 8.43. The third-order valence-electron chi connectivity index (χ3n) is 5.63. The van der Waals surface area contributed by atoms with Crippen molar-refractivity contribution in [2.24, 2.45) is 5.73 Å². The maximum atomic E-state index is 13.7. The summed E-state index contributed by atoms with van der Waals surface area (Å²) >= 11 is 6.12. The summed E-state index contributed by atoms with van der Waals surface area (Å²) in [5.74, 6) is -5.80. The van der Waals surface area contributed by atoms with Crippen molar-refractivity contribution in [1.82, 2.24) is 10.2 Å². The molecule has 1 heterocycles. The van der Waals surface area contributed by atoms with Crippen molar-refractivity contribution in [3.05, 3.63) is 95.0 Å². The normalized spacial score (nSPS) is 22.6. The topological polar surface area (TPSA) is 84.7 Å². The first-order chi connectivity index (χ1) is 16.0. The fourth-order valence-corrected chi connectivity index (χ4v) is 4.14. The van der Waals surface area contributed by atoms with Gasteiger partial charge in [-0.15, -0.1) is 0 Å². The summed E-state index contributed by atoms with van der Waals surface area (Å²) in [5.41, 5.74) is 6.54. The summed E-state index contributed by atoms with van der Waals surface area (Å²) in [6.07, 6.45) is -5.30. The van der Waals surface area contributed by atoms with Gasteiger partial charge in [0.2, 0.25) is 0 Å². The van der Waals surface area contributed by atoms with Crippen LogP contribution in [0.25, 0.3) is 11.1 Å². The van der Waals surface area contributed by atoms with Crippen molar-refractivity contribution in [1.29, 1.82) is 0 Å². The average molecular weight is 490 g/mol. The van der Waals surface area contributed by atoms with Crippen LogP contribution in [0.2, 0.25) is 5.02 Å². The van der Waals surface area contributed by atoms with E-state index in [1.807, 2.05) is 6.07 Å². The van der Waals surface area contributed by atoms with Crippen LogP contribution < -0.4 is 11.1 Å². The van der Waals surface area contributed by atoms with Crippen LogP contribution in [0.4, 0.5) is 13.2 Å². The zero-order valence-electron chi connectivity index (χ0n) is 17.8. The lowest BCUT2D eigenvalue weighted by atomic mass is 9.81. The lowest BCUT2D eigenvalue weighted by Gasteiger charge is -2.32. The standard InChI is InChI=1S/C24H19ClF3N3O3/c1-31-20(32)22(17-9-3-2-4-10-17,30-24(31,29)34-21(33)23(26,27)28)18-11-5-7-15(13-18)16-8-6-12-19(25)14-16/h2-14,30H,29H2,1H3. The van der Waals surface area contributed by atoms with Crippen molar-refractivity contribution in [3.63, 3.8) is 0 Å². The SMILES string of the molecule is CN1C(=O)C(c2ccccc2)(c2cccc(-c3cccc(Cl)c3)c2)NC1(N)OC(=O)C(F)(F)F. The summed E-state index contributed by atoms with van der Waals surface area (Å²) in [6, 6.07) is 22.2. The van der Waals surface area contributed by atoms with Gasteiger partial charge in [0.1, 0.15) is 0 Å². The number of hydrogen-bond donors (Lipinski definition) is 2. The van der Waals surface area contributed by atoms with Crippen molar-refractivity contribution >= 4 is 23.5 Å². The number of benzene rings is 3. The Kier molecular flexibility index (Phi) is 5.89. The molecule has 3 aromatic carbocycles. The average Bonchev–Trinajstić information content (AvgIpc) is 3.01. The molecule has 3 aromatic rings. The zero-order valence-corrected chi connectivity index (χ0v) is 18.5. The second-order valence-electron chi connectivity index (χ2n) is 7.78. The molecule has 1 aliphatic rings. The van der Waals surface area contributed by atoms with Crippen molar-refractivity contribution in [2.75, 3.05) is 7.05 Å². The smallest absolute Gasteiger partial charge is 0.404 e. The molecule has 1 amide bonds. The van der Waals surface area contributed by atoms with E-state index in [9.17, 15) is 22.8 Å². The number of esters is 1. The minimum absolute atomic E-state index is 0.378. The van der Waals surface area contributed by atoms with Crippen LogP contribution in [-0.2, 0) is 19.9 Å². The lowest BCUT2D eigenvalue weighted by Crippen LogP contribution is -2.64. The lowest BCUT2D eigenvalue weighted by molar-refractivity contribution is -0.228. The van der Waals surface area contributed by atoms with Gasteiger partial charge in [0.15, 0.2) is 5.54 Å². The molecule has 1 fully saturated rings. The molecule has 0 aromatic heterocycles. The Labute approximate surface area is 198 Å². The quantitative estimate of drug-likeness (QED) is 0.428. The minimum Gasteiger partial charge on any atom is -0.404 e. The van der Waals surface area contributed by atoms with E-state index in [2.05, 4.69) is 10.1 Å². The molecule has 2 atom stereocenters. The van der Waals surface area contributed by atoms with Gasteiger partial charge in [-0.1, -0.05) is 72.3 Å². The highest BCUT2D eigenvalue weighted by Crippen LogP contribution is 2.41. The van der Waals surface area contributed by atoms with Crippen molar-refractivity contribution < 1.29 is 27.5 Å². The number of halogens is 4. The Hall–Kier alpha value is -3.40. The number of hydrogen-bond acceptors (Lipinski definition) is 5. The summed E-state index contributed by atoms with van der Waals surface area (Å²) in [5, 5.41) is 3.20. The number of carbonyl (C=O) groups excluding carboxylic acids is 2. The number of nitrogens with zero attached hydrogens (tertiary/aromatic N) is 1. The molecule has 0 spiro atoms. The molecule has 4 rings (SSSR count). The van der Waals surface area contributed by atoms with E-state index in [-0.39, 0.29) is 0 Å². The Bertz CT molecular complexity index is 1250. The van der Waals surface area contributed by atoms with E-state index in [1.165, 1.54) is 0 Å². The monoisotopic (exact) mass is 489 g/mol. The van der Waals surface area contributed by atoms with Crippen molar-refractivity contribution in [2.45, 2.75) is 17.7 Å². The predicted octanol–water partition coefficient (Wildman–Crippen LogP) is 3.99. The Morgan fingerprint density at radius 3 is 2.18 bits per heavy atom. The molecule has 176 valence electrons. The van der Waals surface area contributed by atoms with Crippen LogP contribution in [0.15, 0.2) is 78.9 Å². The molecule has 2 unspecified atom stereocenters. The first kappa shape index (κ1) is 23.7. The van der Waals surface area contributed by atoms with E-state index in [0.717, 1.165) is 17.5 Å². The number of alkyl halides is 3. The summed E-state index contributed by atoms with van der Waals surface area (Å²) in [7, 11) is 1.16.